The summed E-state index contributed by atoms with van der Waals surface area (Å²) in [5.74, 6) is 0.974. The maximum Gasteiger partial charge on any atom is 0.261 e. The molecule has 0 bridgehead atoms. The zero-order chi connectivity index (χ0) is 14.0. The summed E-state index contributed by atoms with van der Waals surface area (Å²) in [5.41, 5.74) is 0. The highest BCUT2D eigenvalue weighted by atomic mass is 35.5. The molecule has 1 saturated carbocycles. The Morgan fingerprint density at radius 3 is 2.74 bits per heavy atom. The van der Waals surface area contributed by atoms with Gasteiger partial charge in [-0.05, 0) is 18.3 Å². The van der Waals surface area contributed by atoms with E-state index < -0.39 is 10.0 Å². The molecule has 1 aromatic heterocycles. The standard InChI is InChI=1S/C12H20ClN3O2S/c1-9-5-3-4-6-10(9)7-15-19(17,18)12-11(13)16(2)8-14-12/h8-10,15H,3-7H2,1-2H3. The van der Waals surface area contributed by atoms with Crippen molar-refractivity contribution in [1.29, 1.82) is 0 Å². The average Bonchev–Trinajstić information content (AvgIpc) is 2.70. The predicted octanol–water partition coefficient (Wildman–Crippen LogP) is 2.18. The highest BCUT2D eigenvalue weighted by molar-refractivity contribution is 7.89. The van der Waals surface area contributed by atoms with Gasteiger partial charge < -0.3 is 4.57 Å². The molecule has 19 heavy (non-hydrogen) atoms. The molecular formula is C12H20ClN3O2S. The molecule has 7 heteroatoms. The van der Waals surface area contributed by atoms with Crippen LogP contribution in [0, 0.1) is 11.8 Å². The Morgan fingerprint density at radius 2 is 2.16 bits per heavy atom. The van der Waals surface area contributed by atoms with Crippen molar-refractivity contribution in [2.45, 2.75) is 37.6 Å². The van der Waals surface area contributed by atoms with E-state index in [-0.39, 0.29) is 10.2 Å². The molecular weight excluding hydrogens is 286 g/mol. The molecule has 2 atom stereocenters. The number of aromatic nitrogens is 2. The van der Waals surface area contributed by atoms with Crippen molar-refractivity contribution in [1.82, 2.24) is 14.3 Å². The fraction of sp³-hybridized carbons (Fsp3) is 0.750. The Balaban J connectivity index is 2.04. The number of imidazole rings is 1. The number of hydrogen-bond donors (Lipinski definition) is 1. The van der Waals surface area contributed by atoms with E-state index in [0.29, 0.717) is 18.4 Å². The first-order chi connectivity index (χ1) is 8.92. The molecule has 0 radical (unpaired) electrons. The van der Waals surface area contributed by atoms with E-state index >= 15 is 0 Å². The number of halogens is 1. The van der Waals surface area contributed by atoms with E-state index in [1.165, 1.54) is 30.2 Å². The van der Waals surface area contributed by atoms with Gasteiger partial charge in [-0.1, -0.05) is 37.8 Å². The Hall–Kier alpha value is -0.590. The van der Waals surface area contributed by atoms with Crippen molar-refractivity contribution in [2.75, 3.05) is 6.54 Å². The maximum absolute atomic E-state index is 12.1. The van der Waals surface area contributed by atoms with Crippen molar-refractivity contribution in [3.05, 3.63) is 11.5 Å². The maximum atomic E-state index is 12.1. The molecule has 1 N–H and O–H groups in total. The van der Waals surface area contributed by atoms with E-state index in [2.05, 4.69) is 16.6 Å². The van der Waals surface area contributed by atoms with Gasteiger partial charge in [-0.2, -0.15) is 0 Å². The summed E-state index contributed by atoms with van der Waals surface area (Å²) in [6, 6.07) is 0. The van der Waals surface area contributed by atoms with Crippen LogP contribution in [0.3, 0.4) is 0 Å². The van der Waals surface area contributed by atoms with Crippen LogP contribution in [0.15, 0.2) is 11.4 Å². The van der Waals surface area contributed by atoms with Gasteiger partial charge in [0.1, 0.15) is 5.15 Å². The number of rotatable bonds is 4. The molecule has 1 fully saturated rings. The lowest BCUT2D eigenvalue weighted by Crippen LogP contribution is -2.33. The number of nitrogens with zero attached hydrogens (tertiary/aromatic N) is 2. The summed E-state index contributed by atoms with van der Waals surface area (Å²) in [6.07, 6.45) is 6.09. The fourth-order valence-electron chi connectivity index (χ4n) is 2.56. The largest absolute Gasteiger partial charge is 0.324 e. The lowest BCUT2D eigenvalue weighted by molar-refractivity contribution is 0.257. The lowest BCUT2D eigenvalue weighted by atomic mass is 9.81. The van der Waals surface area contributed by atoms with Gasteiger partial charge in [0.2, 0.25) is 5.03 Å². The minimum absolute atomic E-state index is 0.0832. The van der Waals surface area contributed by atoms with Gasteiger partial charge in [0, 0.05) is 13.6 Å². The smallest absolute Gasteiger partial charge is 0.261 e. The van der Waals surface area contributed by atoms with Crippen LogP contribution >= 0.6 is 11.6 Å². The third-order valence-electron chi connectivity index (χ3n) is 3.91. The second-order valence-electron chi connectivity index (χ2n) is 5.33. The van der Waals surface area contributed by atoms with E-state index in [1.54, 1.807) is 7.05 Å². The number of nitrogens with one attached hydrogen (secondary N) is 1. The number of aryl methyl sites for hydroxylation is 1. The topological polar surface area (TPSA) is 64.0 Å². The highest BCUT2D eigenvalue weighted by Crippen LogP contribution is 2.29. The first-order valence-electron chi connectivity index (χ1n) is 6.58. The Bertz CT molecular complexity index is 541. The van der Waals surface area contributed by atoms with Crippen molar-refractivity contribution < 1.29 is 8.42 Å². The third-order valence-corrected chi connectivity index (χ3v) is 5.83. The van der Waals surface area contributed by atoms with Crippen molar-refractivity contribution >= 4 is 21.6 Å². The van der Waals surface area contributed by atoms with Crippen LogP contribution < -0.4 is 4.72 Å². The summed E-state index contributed by atoms with van der Waals surface area (Å²) in [6.45, 7) is 2.66. The zero-order valence-corrected chi connectivity index (χ0v) is 12.8. The molecule has 0 amide bonds. The Morgan fingerprint density at radius 1 is 1.47 bits per heavy atom. The lowest BCUT2D eigenvalue weighted by Gasteiger charge is -2.28. The first kappa shape index (κ1) is 14.8. The molecule has 5 nitrogen and oxygen atoms in total. The van der Waals surface area contributed by atoms with E-state index in [1.807, 2.05) is 0 Å². The second-order valence-corrected chi connectivity index (χ2v) is 7.37. The first-order valence-corrected chi connectivity index (χ1v) is 8.44. The van der Waals surface area contributed by atoms with Crippen LogP contribution in [0.2, 0.25) is 5.15 Å². The van der Waals surface area contributed by atoms with Gasteiger partial charge in [-0.3, -0.25) is 0 Å². The fourth-order valence-corrected chi connectivity index (χ4v) is 4.07. The van der Waals surface area contributed by atoms with Gasteiger partial charge in [0.15, 0.2) is 0 Å². The molecule has 1 aliphatic rings. The van der Waals surface area contributed by atoms with Crippen LogP contribution in [0.4, 0.5) is 0 Å². The average molecular weight is 306 g/mol. The number of hydrogen-bond acceptors (Lipinski definition) is 3. The third kappa shape index (κ3) is 3.30. The van der Waals surface area contributed by atoms with Crippen LogP contribution in [-0.4, -0.2) is 24.5 Å². The molecule has 0 spiro atoms. The van der Waals surface area contributed by atoms with Crippen molar-refractivity contribution in [2.24, 2.45) is 18.9 Å². The summed E-state index contributed by atoms with van der Waals surface area (Å²) < 4.78 is 28.4. The van der Waals surface area contributed by atoms with E-state index in [4.69, 9.17) is 11.6 Å². The minimum atomic E-state index is -3.61. The molecule has 0 saturated heterocycles. The van der Waals surface area contributed by atoms with Crippen LogP contribution in [-0.2, 0) is 17.1 Å². The van der Waals surface area contributed by atoms with Gasteiger partial charge in [0.25, 0.3) is 10.0 Å². The summed E-state index contributed by atoms with van der Waals surface area (Å²) in [5, 5.41) is 0.0596. The molecule has 1 aliphatic carbocycles. The molecule has 108 valence electrons. The Kier molecular flexibility index (Phi) is 4.53. The predicted molar refractivity (Wildman–Crippen MR) is 74.5 cm³/mol. The summed E-state index contributed by atoms with van der Waals surface area (Å²) >= 11 is 5.92. The van der Waals surface area contributed by atoms with Crippen molar-refractivity contribution in [3.63, 3.8) is 0 Å². The SMILES string of the molecule is CC1CCCCC1CNS(=O)(=O)c1ncn(C)c1Cl. The molecule has 0 aliphatic heterocycles. The van der Waals surface area contributed by atoms with Crippen LogP contribution in [0.1, 0.15) is 32.6 Å². The minimum Gasteiger partial charge on any atom is -0.324 e. The van der Waals surface area contributed by atoms with Crippen molar-refractivity contribution in [3.8, 4) is 0 Å². The molecule has 2 rings (SSSR count). The molecule has 1 aromatic rings. The van der Waals surface area contributed by atoms with Crippen LogP contribution in [0.5, 0.6) is 0 Å². The summed E-state index contributed by atoms with van der Waals surface area (Å²) in [7, 11) is -1.94. The Labute approximate surface area is 119 Å². The monoisotopic (exact) mass is 305 g/mol. The summed E-state index contributed by atoms with van der Waals surface area (Å²) in [4.78, 5) is 3.85. The quantitative estimate of drug-likeness (QED) is 0.927. The normalized spacial score (nSPS) is 24.6. The highest BCUT2D eigenvalue weighted by Gasteiger charge is 2.26. The number of sulfonamides is 1. The molecule has 1 heterocycles. The van der Waals surface area contributed by atoms with Gasteiger partial charge >= 0.3 is 0 Å². The van der Waals surface area contributed by atoms with Gasteiger partial charge in [-0.25, -0.2) is 18.1 Å². The van der Waals surface area contributed by atoms with Gasteiger partial charge in [0.05, 0.1) is 6.33 Å². The zero-order valence-electron chi connectivity index (χ0n) is 11.3. The molecule has 2 unspecified atom stereocenters. The van der Waals surface area contributed by atoms with Crippen LogP contribution in [0.25, 0.3) is 0 Å². The van der Waals surface area contributed by atoms with Gasteiger partial charge in [-0.15, -0.1) is 0 Å². The van der Waals surface area contributed by atoms with E-state index in [0.717, 1.165) is 6.42 Å². The molecule has 0 aromatic carbocycles. The second kappa shape index (κ2) is 5.81. The van der Waals surface area contributed by atoms with E-state index in [9.17, 15) is 8.42 Å².